The number of carbonyl (C=O) groups excluding carboxylic acids is 1. The number of benzene rings is 1. The second kappa shape index (κ2) is 9.36. The topological polar surface area (TPSA) is 41.6 Å². The summed E-state index contributed by atoms with van der Waals surface area (Å²) in [5, 5.41) is 3.42. The molecule has 1 aromatic carbocycles. The summed E-state index contributed by atoms with van der Waals surface area (Å²) >= 11 is 5.35. The van der Waals surface area contributed by atoms with Gasteiger partial charge in [0.1, 0.15) is 5.75 Å². The highest BCUT2D eigenvalue weighted by Gasteiger charge is 2.19. The Bertz CT molecular complexity index is 599. The number of ether oxygens (including phenoxy) is 1. The van der Waals surface area contributed by atoms with E-state index in [9.17, 15) is 4.79 Å². The first-order chi connectivity index (χ1) is 12.3. The Kier molecular flexibility index (Phi) is 7.44. The van der Waals surface area contributed by atoms with Crippen LogP contribution in [0.25, 0.3) is 0 Å². The third-order valence-electron chi connectivity index (χ3n) is 4.85. The van der Waals surface area contributed by atoms with E-state index >= 15 is 0 Å². The third kappa shape index (κ3) is 6.60. The van der Waals surface area contributed by atoms with E-state index in [-0.39, 0.29) is 11.3 Å². The molecule has 1 saturated heterocycles. The lowest BCUT2D eigenvalue weighted by molar-refractivity contribution is -0.120. The number of amides is 1. The zero-order valence-corrected chi connectivity index (χ0v) is 17.3. The minimum atomic E-state index is -0.0275. The molecule has 144 valence electrons. The molecule has 1 fully saturated rings. The van der Waals surface area contributed by atoms with Crippen LogP contribution in [0, 0.1) is 5.92 Å². The first-order valence-electron chi connectivity index (χ1n) is 9.58. The number of likely N-dealkylation sites (tertiary alicyclic amines) is 1. The molecule has 5 heteroatoms. The molecule has 1 N–H and O–H groups in total. The second-order valence-electron chi connectivity index (χ2n) is 8.25. The van der Waals surface area contributed by atoms with Crippen molar-refractivity contribution < 1.29 is 9.53 Å². The first-order valence-corrected chi connectivity index (χ1v) is 9.98. The fourth-order valence-electron chi connectivity index (χ4n) is 2.95. The number of rotatable bonds is 5. The molecule has 0 aromatic heterocycles. The van der Waals surface area contributed by atoms with Gasteiger partial charge in [0.25, 0.3) is 0 Å². The highest BCUT2D eigenvalue weighted by atomic mass is 32.1. The van der Waals surface area contributed by atoms with Gasteiger partial charge in [0, 0.05) is 19.5 Å². The summed E-state index contributed by atoms with van der Waals surface area (Å²) in [4.78, 5) is 14.1. The van der Waals surface area contributed by atoms with Gasteiger partial charge in [0.15, 0.2) is 5.11 Å². The van der Waals surface area contributed by atoms with Crippen molar-refractivity contribution in [3.63, 3.8) is 0 Å². The van der Waals surface area contributed by atoms with Crippen LogP contribution in [0.3, 0.4) is 0 Å². The van der Waals surface area contributed by atoms with Crippen molar-refractivity contribution in [1.29, 1.82) is 0 Å². The predicted molar refractivity (Wildman–Crippen MR) is 111 cm³/mol. The Morgan fingerprint density at radius 1 is 1.23 bits per heavy atom. The number of carbonyl (C=O) groups is 1. The highest BCUT2D eigenvalue weighted by Crippen LogP contribution is 2.24. The molecule has 0 atom stereocenters. The minimum absolute atomic E-state index is 0.0275. The fraction of sp³-hybridized carbons (Fsp3) is 0.619. The smallest absolute Gasteiger partial charge is 0.226 e. The van der Waals surface area contributed by atoms with Crippen LogP contribution in [0.4, 0.5) is 0 Å². The lowest BCUT2D eigenvalue weighted by Crippen LogP contribution is -2.46. The van der Waals surface area contributed by atoms with Gasteiger partial charge >= 0.3 is 0 Å². The second-order valence-corrected chi connectivity index (χ2v) is 8.64. The van der Waals surface area contributed by atoms with E-state index < -0.39 is 0 Å². The average Bonchev–Trinajstić information content (AvgIpc) is 2.59. The summed E-state index contributed by atoms with van der Waals surface area (Å²) in [6, 6.07) is 8.18. The molecule has 0 spiro atoms. The van der Waals surface area contributed by atoms with E-state index in [0.29, 0.717) is 24.6 Å². The van der Waals surface area contributed by atoms with Crippen molar-refractivity contribution in [2.24, 2.45) is 5.92 Å². The van der Waals surface area contributed by atoms with Crippen molar-refractivity contribution in [3.8, 4) is 5.75 Å². The molecule has 26 heavy (non-hydrogen) atoms. The molecule has 0 saturated carbocycles. The Hall–Kier alpha value is -1.62. The zero-order chi connectivity index (χ0) is 19.2. The molecule has 0 aliphatic carbocycles. The Labute approximate surface area is 163 Å². The Morgan fingerprint density at radius 2 is 1.85 bits per heavy atom. The monoisotopic (exact) mass is 376 g/mol. The van der Waals surface area contributed by atoms with Crippen LogP contribution in [0.2, 0.25) is 0 Å². The predicted octanol–water partition coefficient (Wildman–Crippen LogP) is 4.28. The van der Waals surface area contributed by atoms with Crippen molar-refractivity contribution in [2.75, 3.05) is 19.7 Å². The van der Waals surface area contributed by atoms with Gasteiger partial charge in [-0.05, 0) is 60.5 Å². The molecular weight excluding hydrogens is 344 g/mol. The Balaban J connectivity index is 1.64. The maximum absolute atomic E-state index is 12.0. The van der Waals surface area contributed by atoms with Gasteiger partial charge in [-0.1, -0.05) is 39.8 Å². The SMILES string of the molecule is CC1CCN(C(=S)NC(=O)CCCOc2ccc(C(C)(C)C)cc2)CC1. The summed E-state index contributed by atoms with van der Waals surface area (Å²) in [5.74, 6) is 1.57. The van der Waals surface area contributed by atoms with Crippen LogP contribution in [0.1, 0.15) is 58.9 Å². The summed E-state index contributed by atoms with van der Waals surface area (Å²) in [7, 11) is 0. The van der Waals surface area contributed by atoms with Crippen LogP contribution < -0.4 is 10.1 Å². The van der Waals surface area contributed by atoms with E-state index in [1.54, 1.807) is 0 Å². The van der Waals surface area contributed by atoms with E-state index in [0.717, 1.165) is 37.6 Å². The van der Waals surface area contributed by atoms with Crippen molar-refractivity contribution in [3.05, 3.63) is 29.8 Å². The minimum Gasteiger partial charge on any atom is -0.494 e. The first kappa shape index (κ1) is 20.7. The lowest BCUT2D eigenvalue weighted by Gasteiger charge is -2.32. The van der Waals surface area contributed by atoms with Crippen LogP contribution in [-0.4, -0.2) is 35.6 Å². The number of hydrogen-bond acceptors (Lipinski definition) is 3. The van der Waals surface area contributed by atoms with Crippen LogP contribution in [-0.2, 0) is 10.2 Å². The van der Waals surface area contributed by atoms with Gasteiger partial charge in [-0.15, -0.1) is 0 Å². The molecule has 2 rings (SSSR count). The van der Waals surface area contributed by atoms with Crippen LogP contribution >= 0.6 is 12.2 Å². The molecule has 0 unspecified atom stereocenters. The normalized spacial score (nSPS) is 15.6. The summed E-state index contributed by atoms with van der Waals surface area (Å²) < 4.78 is 5.73. The molecular formula is C21H32N2O2S. The van der Waals surface area contributed by atoms with Crippen LogP contribution in [0.5, 0.6) is 5.75 Å². The summed E-state index contributed by atoms with van der Waals surface area (Å²) in [6.45, 7) is 11.2. The van der Waals surface area contributed by atoms with Gasteiger partial charge < -0.3 is 15.0 Å². The number of nitrogens with one attached hydrogen (secondary N) is 1. The summed E-state index contributed by atoms with van der Waals surface area (Å²) in [5.41, 5.74) is 1.42. The van der Waals surface area contributed by atoms with Gasteiger partial charge in [-0.3, -0.25) is 4.79 Å². The standard InChI is InChI=1S/C21H32N2O2S/c1-16-11-13-23(14-12-16)20(26)22-19(24)6-5-15-25-18-9-7-17(8-10-18)21(2,3)4/h7-10,16H,5-6,11-15H2,1-4H3,(H,22,24,26). The zero-order valence-electron chi connectivity index (χ0n) is 16.5. The molecule has 4 nitrogen and oxygen atoms in total. The van der Waals surface area contributed by atoms with E-state index in [1.807, 2.05) is 12.1 Å². The van der Waals surface area contributed by atoms with Gasteiger partial charge in [-0.25, -0.2) is 0 Å². The fourth-order valence-corrected chi connectivity index (χ4v) is 3.24. The number of thiocarbonyl (C=S) groups is 1. The highest BCUT2D eigenvalue weighted by molar-refractivity contribution is 7.80. The Morgan fingerprint density at radius 3 is 2.42 bits per heavy atom. The average molecular weight is 377 g/mol. The molecule has 0 radical (unpaired) electrons. The maximum atomic E-state index is 12.0. The molecule has 0 bridgehead atoms. The van der Waals surface area contributed by atoms with Gasteiger partial charge in [0.2, 0.25) is 5.91 Å². The largest absolute Gasteiger partial charge is 0.494 e. The lowest BCUT2D eigenvalue weighted by atomic mass is 9.87. The molecule has 1 aromatic rings. The molecule has 1 amide bonds. The van der Waals surface area contributed by atoms with Crippen molar-refractivity contribution >= 4 is 23.2 Å². The number of nitrogens with zero attached hydrogens (tertiary/aromatic N) is 1. The van der Waals surface area contributed by atoms with Crippen molar-refractivity contribution in [1.82, 2.24) is 10.2 Å². The molecule has 1 aliphatic rings. The van der Waals surface area contributed by atoms with E-state index in [2.05, 4.69) is 50.0 Å². The van der Waals surface area contributed by atoms with Crippen molar-refractivity contribution in [2.45, 2.75) is 58.8 Å². The molecule has 1 heterocycles. The van der Waals surface area contributed by atoms with E-state index in [4.69, 9.17) is 17.0 Å². The molecule has 1 aliphatic heterocycles. The quantitative estimate of drug-likeness (QED) is 0.615. The maximum Gasteiger partial charge on any atom is 0.226 e. The number of hydrogen-bond donors (Lipinski definition) is 1. The number of piperidine rings is 1. The third-order valence-corrected chi connectivity index (χ3v) is 5.21. The van der Waals surface area contributed by atoms with Gasteiger partial charge in [-0.2, -0.15) is 0 Å². The van der Waals surface area contributed by atoms with Gasteiger partial charge in [0.05, 0.1) is 6.61 Å². The summed E-state index contributed by atoms with van der Waals surface area (Å²) in [6.07, 6.45) is 3.37. The van der Waals surface area contributed by atoms with E-state index in [1.165, 1.54) is 5.56 Å². The van der Waals surface area contributed by atoms with Crippen LogP contribution in [0.15, 0.2) is 24.3 Å².